The van der Waals surface area contributed by atoms with Crippen molar-refractivity contribution in [2.75, 3.05) is 0 Å². The van der Waals surface area contributed by atoms with Gasteiger partial charge >= 0.3 is 0 Å². The van der Waals surface area contributed by atoms with Gasteiger partial charge in [-0.3, -0.25) is 0 Å². The van der Waals surface area contributed by atoms with Crippen LogP contribution in [0.3, 0.4) is 0 Å². The number of allylic oxidation sites excluding steroid dienone is 2. The largest absolute Gasteiger partial charge is 0.309 e. The molecule has 0 unspecified atom stereocenters. The lowest BCUT2D eigenvalue weighted by molar-refractivity contribution is 0.177. The predicted octanol–water partition coefficient (Wildman–Crippen LogP) is 5.34. The summed E-state index contributed by atoms with van der Waals surface area (Å²) < 4.78 is 14.6. The molecule has 0 radical (unpaired) electrons. The van der Waals surface area contributed by atoms with Crippen LogP contribution in [0.4, 0.5) is 0 Å². The van der Waals surface area contributed by atoms with E-state index in [1.54, 1.807) is 0 Å². The van der Waals surface area contributed by atoms with Gasteiger partial charge in [0.1, 0.15) is 0 Å². The minimum absolute atomic E-state index is 0.0128. The van der Waals surface area contributed by atoms with E-state index >= 15 is 0 Å². The van der Waals surface area contributed by atoms with Gasteiger partial charge in [-0.2, -0.15) is 0 Å². The Labute approximate surface area is 145 Å². The van der Waals surface area contributed by atoms with E-state index in [0.29, 0.717) is 5.92 Å². The zero-order chi connectivity index (χ0) is 17.0. The Balaban J connectivity index is 1.97. The van der Waals surface area contributed by atoms with Gasteiger partial charge in [0, 0.05) is 21.3 Å². The molecule has 4 rings (SSSR count). The molecule has 2 aromatic carbocycles. The quantitative estimate of drug-likeness (QED) is 0.691. The van der Waals surface area contributed by atoms with Gasteiger partial charge in [-0.1, -0.05) is 87.5 Å². The molecular formula is C22H25OP. The van der Waals surface area contributed by atoms with Crippen molar-refractivity contribution in [3.05, 3.63) is 72.1 Å². The van der Waals surface area contributed by atoms with Crippen molar-refractivity contribution in [1.82, 2.24) is 0 Å². The fourth-order valence-corrected chi connectivity index (χ4v) is 8.34. The third kappa shape index (κ3) is 1.91. The van der Waals surface area contributed by atoms with Crippen LogP contribution in [0.25, 0.3) is 0 Å². The highest BCUT2D eigenvalue weighted by Gasteiger charge is 2.61. The number of hydrogen-bond donors (Lipinski definition) is 0. The van der Waals surface area contributed by atoms with Crippen molar-refractivity contribution < 1.29 is 4.57 Å². The van der Waals surface area contributed by atoms with Gasteiger partial charge in [-0.05, 0) is 24.2 Å². The Kier molecular flexibility index (Phi) is 3.45. The summed E-state index contributed by atoms with van der Waals surface area (Å²) in [5, 5.41) is 3.12. The molecule has 124 valence electrons. The normalized spacial score (nSPS) is 28.0. The molecule has 2 bridgehead atoms. The van der Waals surface area contributed by atoms with E-state index in [9.17, 15) is 4.57 Å². The van der Waals surface area contributed by atoms with E-state index in [1.807, 2.05) is 60.7 Å². The predicted molar refractivity (Wildman–Crippen MR) is 102 cm³/mol. The Bertz CT molecular complexity index is 791. The second-order valence-corrected chi connectivity index (χ2v) is 10.8. The molecule has 0 spiro atoms. The van der Waals surface area contributed by atoms with E-state index in [2.05, 4.69) is 26.8 Å². The lowest BCUT2D eigenvalue weighted by atomic mass is 9.70. The highest BCUT2D eigenvalue weighted by atomic mass is 31.2. The number of rotatable bonds is 3. The first kappa shape index (κ1) is 15.9. The smallest absolute Gasteiger partial charge is 0.167 e. The maximum Gasteiger partial charge on any atom is 0.167 e. The van der Waals surface area contributed by atoms with Gasteiger partial charge in [0.2, 0.25) is 0 Å². The summed E-state index contributed by atoms with van der Waals surface area (Å²) in [6.45, 7) is 7.05. The molecule has 2 atom stereocenters. The Hall–Kier alpha value is -1.59. The molecule has 0 heterocycles. The molecule has 2 aliphatic rings. The van der Waals surface area contributed by atoms with Crippen LogP contribution in [0.15, 0.2) is 72.1 Å². The van der Waals surface area contributed by atoms with Crippen LogP contribution in [0.5, 0.6) is 0 Å². The summed E-state index contributed by atoms with van der Waals surface area (Å²) in [5.74, 6) is 0.540. The first-order valence-electron chi connectivity index (χ1n) is 8.85. The summed E-state index contributed by atoms with van der Waals surface area (Å²) in [6.07, 6.45) is 4.72. The van der Waals surface area contributed by atoms with Crippen LogP contribution in [-0.2, 0) is 4.57 Å². The molecule has 1 nitrogen and oxygen atoms in total. The molecule has 2 aromatic rings. The Morgan fingerprint density at radius 1 is 0.875 bits per heavy atom. The number of fused-ring (bicyclic) bond motifs is 2. The third-order valence-electron chi connectivity index (χ3n) is 6.81. The van der Waals surface area contributed by atoms with Gasteiger partial charge in [0.05, 0.1) is 0 Å². The van der Waals surface area contributed by atoms with E-state index in [1.165, 1.54) is 11.7 Å². The summed E-state index contributed by atoms with van der Waals surface area (Å²) in [6, 6.07) is 20.2. The summed E-state index contributed by atoms with van der Waals surface area (Å²) >= 11 is 0. The molecule has 0 N–H and O–H groups in total. The molecule has 24 heavy (non-hydrogen) atoms. The summed E-state index contributed by atoms with van der Waals surface area (Å²) in [7, 11) is -2.80. The third-order valence-corrected chi connectivity index (χ3v) is 10.2. The van der Waals surface area contributed by atoms with E-state index < -0.39 is 7.14 Å². The number of benzene rings is 2. The van der Waals surface area contributed by atoms with Crippen LogP contribution in [0.1, 0.15) is 33.6 Å². The zero-order valence-corrected chi connectivity index (χ0v) is 15.6. The van der Waals surface area contributed by atoms with E-state index in [4.69, 9.17) is 0 Å². The zero-order valence-electron chi connectivity index (χ0n) is 14.7. The topological polar surface area (TPSA) is 17.1 Å². The van der Waals surface area contributed by atoms with Crippen molar-refractivity contribution in [1.29, 1.82) is 0 Å². The van der Waals surface area contributed by atoms with Gasteiger partial charge in [0.25, 0.3) is 0 Å². The van der Waals surface area contributed by atoms with Gasteiger partial charge < -0.3 is 4.57 Å². The molecule has 1 saturated carbocycles. The average molecular weight is 336 g/mol. The van der Waals surface area contributed by atoms with E-state index in [0.717, 1.165) is 17.0 Å². The fraction of sp³-hybridized carbons (Fsp3) is 0.364. The van der Waals surface area contributed by atoms with Crippen LogP contribution in [0, 0.1) is 16.7 Å². The Morgan fingerprint density at radius 3 is 1.75 bits per heavy atom. The van der Waals surface area contributed by atoms with E-state index in [-0.39, 0.29) is 10.8 Å². The minimum atomic E-state index is -2.80. The highest BCUT2D eigenvalue weighted by Crippen LogP contribution is 2.74. The molecule has 0 aliphatic heterocycles. The standard InChI is InChI=1S/C22H25OP/c1-21(2)17-14-15-22(21,3)20(16-17)24(23,18-10-6-4-7-11-18)19-12-8-5-9-13-19/h4-13,16-17H,14-15H2,1-3H3/t17-,22+/m1/s1. The van der Waals surface area contributed by atoms with Crippen LogP contribution >= 0.6 is 7.14 Å². The lowest BCUT2D eigenvalue weighted by Gasteiger charge is -2.40. The molecular weight excluding hydrogens is 311 g/mol. The molecule has 2 aliphatic carbocycles. The Morgan fingerprint density at radius 2 is 1.38 bits per heavy atom. The van der Waals surface area contributed by atoms with Crippen LogP contribution < -0.4 is 10.6 Å². The maximum atomic E-state index is 14.6. The second kappa shape index (κ2) is 5.20. The maximum absolute atomic E-state index is 14.6. The fourth-order valence-electron chi connectivity index (χ4n) is 4.82. The highest BCUT2D eigenvalue weighted by molar-refractivity contribution is 7.82. The average Bonchev–Trinajstić information content (AvgIpc) is 2.96. The first-order chi connectivity index (χ1) is 11.4. The minimum Gasteiger partial charge on any atom is -0.309 e. The first-order valence-corrected chi connectivity index (χ1v) is 10.6. The van der Waals surface area contributed by atoms with Crippen molar-refractivity contribution in [3.8, 4) is 0 Å². The summed E-state index contributed by atoms with van der Waals surface area (Å²) in [4.78, 5) is 0. The van der Waals surface area contributed by atoms with Gasteiger partial charge in [0.15, 0.2) is 7.14 Å². The molecule has 1 fully saturated rings. The monoisotopic (exact) mass is 336 g/mol. The summed E-state index contributed by atoms with van der Waals surface area (Å²) in [5.41, 5.74) is 0.195. The van der Waals surface area contributed by atoms with Gasteiger partial charge in [-0.25, -0.2) is 0 Å². The SMILES string of the molecule is CC1(C)[C@H]2C=C(P(=O)(c3ccccc3)c3ccccc3)[C@]1(C)CC2. The van der Waals surface area contributed by atoms with Gasteiger partial charge in [-0.15, -0.1) is 0 Å². The molecule has 0 amide bonds. The molecule has 2 heteroatoms. The van der Waals surface area contributed by atoms with Crippen molar-refractivity contribution >= 4 is 17.8 Å². The molecule has 0 aromatic heterocycles. The second-order valence-electron chi connectivity index (χ2n) is 8.03. The number of hydrogen-bond acceptors (Lipinski definition) is 1. The van der Waals surface area contributed by atoms with Crippen molar-refractivity contribution in [3.63, 3.8) is 0 Å². The molecule has 0 saturated heterocycles. The van der Waals surface area contributed by atoms with Crippen LogP contribution in [-0.4, -0.2) is 0 Å². The van der Waals surface area contributed by atoms with Crippen molar-refractivity contribution in [2.24, 2.45) is 16.7 Å². The van der Waals surface area contributed by atoms with Crippen LogP contribution in [0.2, 0.25) is 0 Å². The lowest BCUT2D eigenvalue weighted by Crippen LogP contribution is -2.33. The van der Waals surface area contributed by atoms with Crippen molar-refractivity contribution in [2.45, 2.75) is 33.6 Å².